The highest BCUT2D eigenvalue weighted by atomic mass is 16.5. The maximum atomic E-state index is 10.5. The lowest BCUT2D eigenvalue weighted by molar-refractivity contribution is 0.00201. The molecule has 0 saturated heterocycles. The van der Waals surface area contributed by atoms with Crippen LogP contribution in [0.2, 0.25) is 0 Å². The summed E-state index contributed by atoms with van der Waals surface area (Å²) >= 11 is 0. The van der Waals surface area contributed by atoms with Crippen LogP contribution in [0.5, 0.6) is 0 Å². The molecule has 0 radical (unpaired) electrons. The molecule has 1 aromatic rings. The molecule has 0 aliphatic heterocycles. The molecule has 1 unspecified atom stereocenters. The second kappa shape index (κ2) is 8.31. The Kier molecular flexibility index (Phi) is 7.06. The number of nitrogens with two attached hydrogens (primary N) is 1. The molecule has 3 nitrogen and oxygen atoms in total. The predicted octanol–water partition coefficient (Wildman–Crippen LogP) is 2.68. The quantitative estimate of drug-likeness (QED) is 0.675. The first-order valence-corrected chi connectivity index (χ1v) is 7.14. The lowest BCUT2D eigenvalue weighted by atomic mass is 9.91. The van der Waals surface area contributed by atoms with E-state index in [-0.39, 0.29) is 6.54 Å². The van der Waals surface area contributed by atoms with Gasteiger partial charge in [0.25, 0.3) is 0 Å². The molecule has 0 aliphatic carbocycles. The van der Waals surface area contributed by atoms with Crippen molar-refractivity contribution in [3.05, 3.63) is 35.9 Å². The first kappa shape index (κ1) is 16.2. The number of hydrogen-bond acceptors (Lipinski definition) is 3. The average Bonchev–Trinajstić information content (AvgIpc) is 2.43. The maximum absolute atomic E-state index is 10.5. The fourth-order valence-corrected chi connectivity index (χ4v) is 2.05. The van der Waals surface area contributed by atoms with Gasteiger partial charge in [-0.05, 0) is 24.3 Å². The van der Waals surface area contributed by atoms with Gasteiger partial charge in [-0.15, -0.1) is 0 Å². The fourth-order valence-electron chi connectivity index (χ4n) is 2.05. The molecule has 0 bridgehead atoms. The van der Waals surface area contributed by atoms with Crippen LogP contribution in [0, 0.1) is 5.92 Å². The zero-order valence-electron chi connectivity index (χ0n) is 12.1. The molecule has 1 aromatic carbocycles. The number of rotatable bonds is 9. The first-order valence-electron chi connectivity index (χ1n) is 7.14. The Labute approximate surface area is 116 Å². The van der Waals surface area contributed by atoms with Crippen LogP contribution in [0.1, 0.15) is 38.7 Å². The van der Waals surface area contributed by atoms with Crippen molar-refractivity contribution in [2.75, 3.05) is 19.8 Å². The van der Waals surface area contributed by atoms with Gasteiger partial charge in [-0.3, -0.25) is 0 Å². The Morgan fingerprint density at radius 3 is 2.47 bits per heavy atom. The van der Waals surface area contributed by atoms with Crippen molar-refractivity contribution in [1.82, 2.24) is 0 Å². The molecule has 0 fully saturated rings. The van der Waals surface area contributed by atoms with Gasteiger partial charge in [0, 0.05) is 26.2 Å². The van der Waals surface area contributed by atoms with Gasteiger partial charge >= 0.3 is 0 Å². The Bertz CT molecular complexity index is 340. The van der Waals surface area contributed by atoms with E-state index in [1.54, 1.807) is 0 Å². The van der Waals surface area contributed by atoms with Crippen molar-refractivity contribution < 1.29 is 9.84 Å². The summed E-state index contributed by atoms with van der Waals surface area (Å²) < 4.78 is 5.59. The normalized spacial score (nSPS) is 14.6. The van der Waals surface area contributed by atoms with E-state index in [2.05, 4.69) is 13.8 Å². The summed E-state index contributed by atoms with van der Waals surface area (Å²) in [5.41, 5.74) is 5.61. The number of ether oxygens (including phenoxy) is 1. The molecule has 108 valence electrons. The molecular weight excluding hydrogens is 238 g/mol. The van der Waals surface area contributed by atoms with E-state index in [0.29, 0.717) is 18.9 Å². The predicted molar refractivity (Wildman–Crippen MR) is 78.9 cm³/mol. The van der Waals surface area contributed by atoms with Gasteiger partial charge in [-0.1, -0.05) is 44.2 Å². The molecule has 1 atom stereocenters. The third kappa shape index (κ3) is 5.72. The lowest BCUT2D eigenvalue weighted by Crippen LogP contribution is -2.36. The van der Waals surface area contributed by atoms with Crippen molar-refractivity contribution >= 4 is 0 Å². The van der Waals surface area contributed by atoms with Crippen LogP contribution in [0.3, 0.4) is 0 Å². The number of hydrogen-bond donors (Lipinski definition) is 2. The minimum absolute atomic E-state index is 0.215. The second-order valence-corrected chi connectivity index (χ2v) is 5.50. The van der Waals surface area contributed by atoms with Crippen LogP contribution in [0.15, 0.2) is 30.3 Å². The van der Waals surface area contributed by atoms with Gasteiger partial charge in [0.1, 0.15) is 5.60 Å². The minimum atomic E-state index is -0.973. The van der Waals surface area contributed by atoms with Crippen molar-refractivity contribution in [3.63, 3.8) is 0 Å². The molecule has 0 saturated carbocycles. The molecule has 1 rings (SSSR count). The molecule has 3 N–H and O–H groups in total. The Balaban J connectivity index is 2.33. The molecule has 0 aliphatic rings. The van der Waals surface area contributed by atoms with Gasteiger partial charge in [0.15, 0.2) is 0 Å². The first-order chi connectivity index (χ1) is 9.08. The number of aliphatic hydroxyl groups is 1. The summed E-state index contributed by atoms with van der Waals surface area (Å²) in [6, 6.07) is 9.58. The highest BCUT2D eigenvalue weighted by Gasteiger charge is 2.26. The SMILES string of the molecule is CC(C)CCCOCCC(O)(CN)c1ccccc1. The van der Waals surface area contributed by atoms with Crippen molar-refractivity contribution in [2.24, 2.45) is 11.7 Å². The van der Waals surface area contributed by atoms with E-state index in [4.69, 9.17) is 10.5 Å². The zero-order valence-corrected chi connectivity index (χ0v) is 12.1. The van der Waals surface area contributed by atoms with Crippen LogP contribution in [-0.4, -0.2) is 24.9 Å². The molecular formula is C16H27NO2. The molecule has 3 heteroatoms. The van der Waals surface area contributed by atoms with Gasteiger partial charge in [-0.25, -0.2) is 0 Å². The summed E-state index contributed by atoms with van der Waals surface area (Å²) in [4.78, 5) is 0. The highest BCUT2D eigenvalue weighted by molar-refractivity contribution is 5.22. The van der Waals surface area contributed by atoms with Gasteiger partial charge in [-0.2, -0.15) is 0 Å². The Hall–Kier alpha value is -0.900. The third-order valence-electron chi connectivity index (χ3n) is 3.38. The summed E-state index contributed by atoms with van der Waals surface area (Å²) in [6.07, 6.45) is 2.79. The summed E-state index contributed by atoms with van der Waals surface area (Å²) in [5, 5.41) is 10.5. The van der Waals surface area contributed by atoms with E-state index in [1.807, 2.05) is 30.3 Å². The highest BCUT2D eigenvalue weighted by Crippen LogP contribution is 2.23. The van der Waals surface area contributed by atoms with Crippen LogP contribution >= 0.6 is 0 Å². The van der Waals surface area contributed by atoms with Gasteiger partial charge in [0.05, 0.1) is 0 Å². The van der Waals surface area contributed by atoms with Crippen molar-refractivity contribution in [2.45, 2.75) is 38.7 Å². The second-order valence-electron chi connectivity index (χ2n) is 5.50. The van der Waals surface area contributed by atoms with Crippen LogP contribution in [0.4, 0.5) is 0 Å². The van der Waals surface area contributed by atoms with Crippen LogP contribution in [-0.2, 0) is 10.3 Å². The monoisotopic (exact) mass is 265 g/mol. The molecule has 0 amide bonds. The van der Waals surface area contributed by atoms with E-state index in [0.717, 1.165) is 18.6 Å². The van der Waals surface area contributed by atoms with E-state index >= 15 is 0 Å². The van der Waals surface area contributed by atoms with Crippen LogP contribution in [0.25, 0.3) is 0 Å². The van der Waals surface area contributed by atoms with E-state index in [1.165, 1.54) is 6.42 Å². The third-order valence-corrected chi connectivity index (χ3v) is 3.38. The molecule has 0 spiro atoms. The van der Waals surface area contributed by atoms with Crippen molar-refractivity contribution in [3.8, 4) is 0 Å². The van der Waals surface area contributed by atoms with Crippen molar-refractivity contribution in [1.29, 1.82) is 0 Å². The van der Waals surface area contributed by atoms with Crippen LogP contribution < -0.4 is 5.73 Å². The van der Waals surface area contributed by atoms with E-state index < -0.39 is 5.60 Å². The average molecular weight is 265 g/mol. The van der Waals surface area contributed by atoms with Gasteiger partial charge in [0.2, 0.25) is 0 Å². The number of benzene rings is 1. The smallest absolute Gasteiger partial charge is 0.104 e. The summed E-state index contributed by atoms with van der Waals surface area (Å²) in [7, 11) is 0. The molecule has 19 heavy (non-hydrogen) atoms. The Morgan fingerprint density at radius 2 is 1.89 bits per heavy atom. The zero-order chi connectivity index (χ0) is 14.1. The fraction of sp³-hybridized carbons (Fsp3) is 0.625. The molecule has 0 aromatic heterocycles. The Morgan fingerprint density at radius 1 is 1.21 bits per heavy atom. The van der Waals surface area contributed by atoms with Gasteiger partial charge < -0.3 is 15.6 Å². The molecule has 0 heterocycles. The maximum Gasteiger partial charge on any atom is 0.104 e. The minimum Gasteiger partial charge on any atom is -0.384 e. The van der Waals surface area contributed by atoms with E-state index in [9.17, 15) is 5.11 Å². The largest absolute Gasteiger partial charge is 0.384 e. The standard InChI is InChI=1S/C16H27NO2/c1-14(2)7-6-11-19-12-10-16(18,13-17)15-8-4-3-5-9-15/h3-5,8-9,14,18H,6-7,10-13,17H2,1-2H3. The topological polar surface area (TPSA) is 55.5 Å². The summed E-state index contributed by atoms with van der Waals surface area (Å²) in [5.74, 6) is 0.717. The summed E-state index contributed by atoms with van der Waals surface area (Å²) in [6.45, 7) is 5.94. The lowest BCUT2D eigenvalue weighted by Gasteiger charge is -2.27.